The lowest BCUT2D eigenvalue weighted by molar-refractivity contribution is -0.385. The van der Waals surface area contributed by atoms with Crippen LogP contribution in [-0.2, 0) is 9.59 Å². The topological polar surface area (TPSA) is 122 Å². The van der Waals surface area contributed by atoms with Crippen LogP contribution < -0.4 is 5.32 Å². The lowest BCUT2D eigenvalue weighted by Gasteiger charge is -2.17. The summed E-state index contributed by atoms with van der Waals surface area (Å²) in [6, 6.07) is 1.86. The summed E-state index contributed by atoms with van der Waals surface area (Å²) in [5.74, 6) is -1.46. The van der Waals surface area contributed by atoms with Crippen LogP contribution in [-0.4, -0.2) is 38.2 Å². The molecular weight excluding hydrogens is 322 g/mol. The Morgan fingerprint density at radius 1 is 1.48 bits per heavy atom. The Kier molecular flexibility index (Phi) is 7.46. The summed E-state index contributed by atoms with van der Waals surface area (Å²) in [4.78, 5) is 37.1. The third-order valence-electron chi connectivity index (χ3n) is 3.06. The van der Waals surface area contributed by atoms with Gasteiger partial charge in [-0.1, -0.05) is 31.5 Å². The highest BCUT2D eigenvalue weighted by molar-refractivity contribution is 8.00. The Labute approximate surface area is 137 Å². The van der Waals surface area contributed by atoms with Gasteiger partial charge in [-0.2, -0.15) is 0 Å². The number of carbonyl (C=O) groups excluding carboxylic acids is 1. The summed E-state index contributed by atoms with van der Waals surface area (Å²) in [5.41, 5.74) is -0.128. The van der Waals surface area contributed by atoms with Crippen LogP contribution in [0.15, 0.2) is 23.4 Å². The van der Waals surface area contributed by atoms with Gasteiger partial charge in [-0.15, -0.1) is 0 Å². The van der Waals surface area contributed by atoms with Crippen LogP contribution in [0.4, 0.5) is 5.69 Å². The Balaban J connectivity index is 2.61. The van der Waals surface area contributed by atoms with Gasteiger partial charge < -0.3 is 10.4 Å². The summed E-state index contributed by atoms with van der Waals surface area (Å²) in [6.45, 7) is 3.57. The minimum Gasteiger partial charge on any atom is -0.480 e. The minimum absolute atomic E-state index is 0.128. The number of carbonyl (C=O) groups is 2. The highest BCUT2D eigenvalue weighted by Gasteiger charge is 2.23. The second kappa shape index (κ2) is 9.09. The third kappa shape index (κ3) is 6.23. The van der Waals surface area contributed by atoms with E-state index < -0.39 is 28.1 Å². The van der Waals surface area contributed by atoms with Crippen LogP contribution in [0.5, 0.6) is 0 Å². The number of amides is 1. The average molecular weight is 341 g/mol. The molecule has 0 bridgehead atoms. The molecule has 1 heterocycles. The van der Waals surface area contributed by atoms with Gasteiger partial charge in [0.05, 0.1) is 15.2 Å². The van der Waals surface area contributed by atoms with Crippen molar-refractivity contribution in [2.45, 2.75) is 49.4 Å². The molecule has 0 radical (unpaired) electrons. The van der Waals surface area contributed by atoms with E-state index in [0.29, 0.717) is 17.9 Å². The molecule has 0 aliphatic carbocycles. The smallest absolute Gasteiger partial charge is 0.326 e. The summed E-state index contributed by atoms with van der Waals surface area (Å²) in [6.07, 6.45) is 3.05. The SMILES string of the molecule is CCCCC(NC(=O)C(C)Sc1ccc([N+](=O)[O-])cn1)C(=O)O. The van der Waals surface area contributed by atoms with Crippen molar-refractivity contribution in [1.82, 2.24) is 10.3 Å². The van der Waals surface area contributed by atoms with Gasteiger partial charge in [0.25, 0.3) is 5.69 Å². The Hall–Kier alpha value is -2.16. The molecule has 2 atom stereocenters. The van der Waals surface area contributed by atoms with E-state index in [1.165, 1.54) is 12.1 Å². The second-order valence-corrected chi connectivity index (χ2v) is 6.27. The number of rotatable bonds is 9. The highest BCUT2D eigenvalue weighted by atomic mass is 32.2. The predicted octanol–water partition coefficient (Wildman–Crippen LogP) is 2.23. The quantitative estimate of drug-likeness (QED) is 0.401. The van der Waals surface area contributed by atoms with Crippen molar-refractivity contribution in [3.05, 3.63) is 28.4 Å². The van der Waals surface area contributed by atoms with Crippen molar-refractivity contribution in [1.29, 1.82) is 0 Å². The fourth-order valence-electron chi connectivity index (χ4n) is 1.74. The average Bonchev–Trinajstić information content (AvgIpc) is 2.51. The van der Waals surface area contributed by atoms with E-state index in [4.69, 9.17) is 5.11 Å². The van der Waals surface area contributed by atoms with Crippen molar-refractivity contribution in [2.75, 3.05) is 0 Å². The van der Waals surface area contributed by atoms with Crippen molar-refractivity contribution in [3.8, 4) is 0 Å². The van der Waals surface area contributed by atoms with E-state index in [2.05, 4.69) is 10.3 Å². The number of carboxylic acid groups (broad SMARTS) is 1. The summed E-state index contributed by atoms with van der Waals surface area (Å²) in [7, 11) is 0. The van der Waals surface area contributed by atoms with Gasteiger partial charge in [0, 0.05) is 6.07 Å². The molecule has 1 aromatic heterocycles. The molecule has 0 saturated heterocycles. The Morgan fingerprint density at radius 2 is 2.17 bits per heavy atom. The number of carboxylic acids is 1. The number of nitrogens with zero attached hydrogens (tertiary/aromatic N) is 2. The third-order valence-corrected chi connectivity index (χ3v) is 4.11. The maximum absolute atomic E-state index is 12.1. The molecule has 2 unspecified atom stereocenters. The number of hydrogen-bond donors (Lipinski definition) is 2. The first-order chi connectivity index (χ1) is 10.8. The van der Waals surface area contributed by atoms with Crippen LogP contribution in [0.2, 0.25) is 0 Å². The molecule has 0 fully saturated rings. The van der Waals surface area contributed by atoms with E-state index in [0.717, 1.165) is 24.4 Å². The summed E-state index contributed by atoms with van der Waals surface area (Å²) < 4.78 is 0. The molecule has 126 valence electrons. The van der Waals surface area contributed by atoms with E-state index in [1.807, 2.05) is 6.92 Å². The first-order valence-corrected chi connectivity index (χ1v) is 8.03. The molecule has 1 rings (SSSR count). The summed E-state index contributed by atoms with van der Waals surface area (Å²) in [5, 5.41) is 22.1. The first kappa shape index (κ1) is 18.9. The highest BCUT2D eigenvalue weighted by Crippen LogP contribution is 2.23. The first-order valence-electron chi connectivity index (χ1n) is 7.15. The fraction of sp³-hybridized carbons (Fsp3) is 0.500. The van der Waals surface area contributed by atoms with Gasteiger partial charge in [0.15, 0.2) is 0 Å². The van der Waals surface area contributed by atoms with Gasteiger partial charge in [-0.25, -0.2) is 9.78 Å². The molecule has 8 nitrogen and oxygen atoms in total. The molecule has 0 saturated carbocycles. The summed E-state index contributed by atoms with van der Waals surface area (Å²) >= 11 is 1.11. The number of unbranched alkanes of at least 4 members (excludes halogenated alkanes) is 1. The van der Waals surface area contributed by atoms with Crippen LogP contribution >= 0.6 is 11.8 Å². The Bertz CT molecular complexity index is 564. The second-order valence-electron chi connectivity index (χ2n) is 4.91. The molecule has 1 aromatic rings. The zero-order valence-electron chi connectivity index (χ0n) is 12.9. The lowest BCUT2D eigenvalue weighted by Crippen LogP contribution is -2.43. The monoisotopic (exact) mass is 341 g/mol. The van der Waals surface area contributed by atoms with Crippen LogP contribution in [0.3, 0.4) is 0 Å². The van der Waals surface area contributed by atoms with Gasteiger partial charge in [-0.05, 0) is 19.4 Å². The molecule has 1 amide bonds. The number of nitro groups is 1. The minimum atomic E-state index is -1.06. The van der Waals surface area contributed by atoms with E-state index in [-0.39, 0.29) is 5.69 Å². The molecule has 0 spiro atoms. The van der Waals surface area contributed by atoms with E-state index in [1.54, 1.807) is 6.92 Å². The standard InChI is InChI=1S/C14H19N3O5S/c1-3-4-5-11(14(19)20)16-13(18)9(2)23-12-7-6-10(8-15-12)17(21)22/h6-9,11H,3-5H2,1-2H3,(H,16,18)(H,19,20). The fourth-order valence-corrected chi connectivity index (χ4v) is 2.54. The van der Waals surface area contributed by atoms with Crippen molar-refractivity contribution < 1.29 is 19.6 Å². The van der Waals surface area contributed by atoms with Crippen LogP contribution in [0.1, 0.15) is 33.1 Å². The van der Waals surface area contributed by atoms with Crippen molar-refractivity contribution >= 4 is 29.3 Å². The van der Waals surface area contributed by atoms with E-state index in [9.17, 15) is 19.7 Å². The van der Waals surface area contributed by atoms with Crippen LogP contribution in [0, 0.1) is 10.1 Å². The number of pyridine rings is 1. The zero-order valence-corrected chi connectivity index (χ0v) is 13.7. The molecule has 0 aromatic carbocycles. The maximum atomic E-state index is 12.1. The number of hydrogen-bond acceptors (Lipinski definition) is 6. The van der Waals surface area contributed by atoms with Crippen molar-refractivity contribution in [3.63, 3.8) is 0 Å². The molecule has 9 heteroatoms. The zero-order chi connectivity index (χ0) is 17.4. The van der Waals surface area contributed by atoms with Gasteiger partial charge in [0.2, 0.25) is 5.91 Å². The predicted molar refractivity (Wildman–Crippen MR) is 85.3 cm³/mol. The normalized spacial score (nSPS) is 13.1. The van der Waals surface area contributed by atoms with Crippen LogP contribution in [0.25, 0.3) is 0 Å². The number of aliphatic carboxylic acids is 1. The maximum Gasteiger partial charge on any atom is 0.326 e. The van der Waals surface area contributed by atoms with Gasteiger partial charge >= 0.3 is 5.97 Å². The number of nitrogens with one attached hydrogen (secondary N) is 1. The molecule has 2 N–H and O–H groups in total. The van der Waals surface area contributed by atoms with Crippen molar-refractivity contribution in [2.24, 2.45) is 0 Å². The molecule has 0 aliphatic heterocycles. The number of thioether (sulfide) groups is 1. The molecule has 0 aliphatic rings. The van der Waals surface area contributed by atoms with E-state index >= 15 is 0 Å². The Morgan fingerprint density at radius 3 is 2.65 bits per heavy atom. The van der Waals surface area contributed by atoms with Gasteiger partial charge in [0.1, 0.15) is 12.2 Å². The molecule has 23 heavy (non-hydrogen) atoms. The molecular formula is C14H19N3O5S. The number of aromatic nitrogens is 1. The van der Waals surface area contributed by atoms with Gasteiger partial charge in [-0.3, -0.25) is 14.9 Å². The lowest BCUT2D eigenvalue weighted by atomic mass is 10.1. The largest absolute Gasteiger partial charge is 0.480 e.